The molecule has 6 rings (SSSR count). The number of carbonyl (C=O) groups is 1. The number of aromatic nitrogens is 1. The van der Waals surface area contributed by atoms with Gasteiger partial charge in [-0.15, -0.1) is 11.8 Å². The molecule has 0 bridgehead atoms. The summed E-state index contributed by atoms with van der Waals surface area (Å²) in [6.07, 6.45) is 6.59. The number of aryl methyl sites for hydroxylation is 1. The highest BCUT2D eigenvalue weighted by Gasteiger charge is 2.49. The Morgan fingerprint density at radius 2 is 1.85 bits per heavy atom. The Labute approximate surface area is 245 Å². The van der Waals surface area contributed by atoms with Crippen molar-refractivity contribution in [1.29, 1.82) is 0 Å². The number of nitrogens with one attached hydrogen (secondary N) is 2. The van der Waals surface area contributed by atoms with E-state index in [1.165, 1.54) is 11.8 Å². The minimum Gasteiger partial charge on any atom is -0.448 e. The van der Waals surface area contributed by atoms with Crippen molar-refractivity contribution in [2.75, 3.05) is 39.7 Å². The molecule has 2 N–H and O–H groups in total. The Bertz CT molecular complexity index is 1380. The van der Waals surface area contributed by atoms with E-state index in [2.05, 4.69) is 22.1 Å². The maximum Gasteiger partial charge on any atom is 0.254 e. The van der Waals surface area contributed by atoms with Crippen LogP contribution in [-0.2, 0) is 16.0 Å². The molecule has 1 aromatic carbocycles. The van der Waals surface area contributed by atoms with E-state index >= 15 is 0 Å². The zero-order valence-electron chi connectivity index (χ0n) is 24.6. The van der Waals surface area contributed by atoms with E-state index in [-0.39, 0.29) is 29.8 Å². The molecule has 4 aliphatic rings. The van der Waals surface area contributed by atoms with E-state index in [4.69, 9.17) is 18.9 Å². The molecule has 9 nitrogen and oxygen atoms in total. The predicted octanol–water partition coefficient (Wildman–Crippen LogP) is 4.13. The number of nitrogens with zero attached hydrogens (tertiary/aromatic N) is 1. The highest BCUT2D eigenvalue weighted by Crippen LogP contribution is 2.52. The van der Waals surface area contributed by atoms with Crippen LogP contribution in [-0.4, -0.2) is 73.4 Å². The number of hydrogen-bond acceptors (Lipinski definition) is 8. The number of ether oxygens (including phenoxy) is 4. The van der Waals surface area contributed by atoms with Crippen LogP contribution < -0.4 is 20.3 Å². The third-order valence-corrected chi connectivity index (χ3v) is 10.3. The number of thioether (sulfide) groups is 1. The van der Waals surface area contributed by atoms with Crippen LogP contribution in [0.1, 0.15) is 71.3 Å². The second-order valence-corrected chi connectivity index (χ2v) is 12.9. The number of fused-ring (bicyclic) bond motifs is 1. The third-order valence-electron chi connectivity index (χ3n) is 9.48. The quantitative estimate of drug-likeness (QED) is 0.448. The van der Waals surface area contributed by atoms with Gasteiger partial charge >= 0.3 is 0 Å². The fourth-order valence-electron chi connectivity index (χ4n) is 6.71. The number of H-pyrrole nitrogens is 1. The van der Waals surface area contributed by atoms with Crippen LogP contribution in [0.4, 0.5) is 0 Å². The molecular formula is C31H41N3O6S. The largest absolute Gasteiger partial charge is 0.448 e. The van der Waals surface area contributed by atoms with Gasteiger partial charge in [0.1, 0.15) is 0 Å². The van der Waals surface area contributed by atoms with Crippen LogP contribution in [0.15, 0.2) is 21.8 Å². The molecule has 1 amide bonds. The molecule has 0 radical (unpaired) electrons. The Balaban J connectivity index is 1.20. The van der Waals surface area contributed by atoms with Crippen molar-refractivity contribution in [2.45, 2.75) is 81.7 Å². The monoisotopic (exact) mass is 583 g/mol. The number of amides is 1. The molecule has 2 aromatic rings. The minimum absolute atomic E-state index is 0.142. The van der Waals surface area contributed by atoms with Crippen LogP contribution in [0, 0.1) is 19.8 Å². The molecule has 0 spiro atoms. The van der Waals surface area contributed by atoms with Crippen molar-refractivity contribution in [1.82, 2.24) is 15.2 Å². The minimum atomic E-state index is -0.779. The normalized spacial score (nSPS) is 26.5. The summed E-state index contributed by atoms with van der Waals surface area (Å²) in [5, 5.41) is 2.99. The SMILES string of the molecule is COC1CN(C2CCC(C3(C)Oc4c(C5COC5)cc(C(=O)NCc5c(SC)cc(C)[nH]c5=O)c(C)c4O3)CC2)C1. The molecule has 1 unspecified atom stereocenters. The topological polar surface area (TPSA) is 102 Å². The van der Waals surface area contributed by atoms with E-state index in [9.17, 15) is 9.59 Å². The molecule has 1 saturated carbocycles. The fourth-order valence-corrected chi connectivity index (χ4v) is 7.42. The lowest BCUT2D eigenvalue weighted by Gasteiger charge is -2.47. The molecule has 3 aliphatic heterocycles. The van der Waals surface area contributed by atoms with Gasteiger partial charge in [-0.2, -0.15) is 0 Å². The van der Waals surface area contributed by atoms with Gasteiger partial charge < -0.3 is 29.2 Å². The number of aromatic amines is 1. The van der Waals surface area contributed by atoms with Gasteiger partial charge in [0.25, 0.3) is 17.3 Å². The standard InChI is InChI=1S/C31H41N3O6S/c1-17-10-26(41-5)25(30(36)33-17)12-32-29(35)23-11-24(19-15-38-16-19)28-27(18(23)2)39-31(3,40-28)20-6-8-21(9-7-20)34-13-22(14-34)37-4/h10-11,19-22H,6-9,12-16H2,1-5H3,(H,32,35)(H,33,36). The first-order valence-corrected chi connectivity index (χ1v) is 15.9. The summed E-state index contributed by atoms with van der Waals surface area (Å²) in [6.45, 7) is 9.20. The molecule has 10 heteroatoms. The van der Waals surface area contributed by atoms with E-state index in [1.54, 1.807) is 7.11 Å². The maximum atomic E-state index is 13.6. The number of carbonyl (C=O) groups excluding carboxylic acids is 1. The summed E-state index contributed by atoms with van der Waals surface area (Å²) >= 11 is 1.50. The van der Waals surface area contributed by atoms with Gasteiger partial charge in [-0.1, -0.05) is 0 Å². The Hall–Kier alpha value is -2.53. The Morgan fingerprint density at radius 3 is 2.49 bits per heavy atom. The number of likely N-dealkylation sites (tertiary alicyclic amines) is 1. The van der Waals surface area contributed by atoms with E-state index in [0.717, 1.165) is 66.2 Å². The van der Waals surface area contributed by atoms with Gasteiger partial charge in [0.15, 0.2) is 11.5 Å². The molecular weight excluding hydrogens is 542 g/mol. The van der Waals surface area contributed by atoms with Crippen molar-refractivity contribution in [3.63, 3.8) is 0 Å². The molecule has 2 saturated heterocycles. The summed E-state index contributed by atoms with van der Waals surface area (Å²) in [6, 6.07) is 4.47. The lowest BCUT2D eigenvalue weighted by atomic mass is 9.80. The van der Waals surface area contributed by atoms with Gasteiger partial charge in [-0.3, -0.25) is 14.5 Å². The average Bonchev–Trinajstić information content (AvgIpc) is 3.27. The summed E-state index contributed by atoms with van der Waals surface area (Å²) in [7, 11) is 1.79. The lowest BCUT2D eigenvalue weighted by Crippen LogP contribution is -2.57. The van der Waals surface area contributed by atoms with Gasteiger partial charge in [-0.25, -0.2) is 0 Å². The average molecular weight is 584 g/mol. The zero-order chi connectivity index (χ0) is 28.9. The number of methoxy groups -OCH3 is 1. The summed E-state index contributed by atoms with van der Waals surface area (Å²) in [5.74, 6) is 0.807. The molecule has 1 aliphatic carbocycles. The molecule has 222 valence electrons. The van der Waals surface area contributed by atoms with Crippen LogP contribution in [0.25, 0.3) is 0 Å². The summed E-state index contributed by atoms with van der Waals surface area (Å²) < 4.78 is 24.4. The van der Waals surface area contributed by atoms with Crippen molar-refractivity contribution >= 4 is 17.7 Å². The molecule has 1 aromatic heterocycles. The number of pyridine rings is 1. The Kier molecular flexibility index (Phi) is 7.86. The van der Waals surface area contributed by atoms with E-state index in [1.807, 2.05) is 32.2 Å². The highest BCUT2D eigenvalue weighted by atomic mass is 32.2. The predicted molar refractivity (Wildman–Crippen MR) is 157 cm³/mol. The van der Waals surface area contributed by atoms with Crippen LogP contribution in [0.5, 0.6) is 11.5 Å². The zero-order valence-corrected chi connectivity index (χ0v) is 25.4. The first-order chi connectivity index (χ1) is 19.7. The lowest BCUT2D eigenvalue weighted by molar-refractivity contribution is -0.130. The van der Waals surface area contributed by atoms with Crippen LogP contribution in [0.3, 0.4) is 0 Å². The van der Waals surface area contributed by atoms with Crippen LogP contribution in [0.2, 0.25) is 0 Å². The number of hydrogen-bond donors (Lipinski definition) is 2. The third kappa shape index (κ3) is 5.28. The molecule has 41 heavy (non-hydrogen) atoms. The van der Waals surface area contributed by atoms with Crippen molar-refractivity contribution in [2.24, 2.45) is 5.92 Å². The highest BCUT2D eigenvalue weighted by molar-refractivity contribution is 7.98. The fraction of sp³-hybridized carbons (Fsp3) is 0.613. The van der Waals surface area contributed by atoms with Gasteiger partial charge in [0, 0.05) is 84.4 Å². The molecule has 4 heterocycles. The first kappa shape index (κ1) is 28.6. The van der Waals surface area contributed by atoms with Crippen molar-refractivity contribution < 1.29 is 23.7 Å². The smallest absolute Gasteiger partial charge is 0.254 e. The van der Waals surface area contributed by atoms with Crippen LogP contribution >= 0.6 is 11.8 Å². The van der Waals surface area contributed by atoms with E-state index < -0.39 is 5.79 Å². The Morgan fingerprint density at radius 1 is 1.15 bits per heavy atom. The molecule has 3 fully saturated rings. The van der Waals surface area contributed by atoms with Crippen molar-refractivity contribution in [3.05, 3.63) is 50.4 Å². The maximum absolute atomic E-state index is 13.6. The second kappa shape index (κ2) is 11.3. The van der Waals surface area contributed by atoms with Crippen molar-refractivity contribution in [3.8, 4) is 11.5 Å². The molecule has 1 atom stereocenters. The van der Waals surface area contributed by atoms with E-state index in [0.29, 0.717) is 42.2 Å². The summed E-state index contributed by atoms with van der Waals surface area (Å²) in [4.78, 5) is 32.4. The summed E-state index contributed by atoms with van der Waals surface area (Å²) in [5.41, 5.74) is 3.44. The first-order valence-electron chi connectivity index (χ1n) is 14.7. The van der Waals surface area contributed by atoms with Gasteiger partial charge in [0.05, 0.1) is 19.3 Å². The van der Waals surface area contributed by atoms with Gasteiger partial charge in [0.2, 0.25) is 0 Å². The second-order valence-electron chi connectivity index (χ2n) is 12.1. The number of benzene rings is 1. The number of rotatable bonds is 8. The van der Waals surface area contributed by atoms with Gasteiger partial charge in [-0.05, 0) is 57.9 Å².